The van der Waals surface area contributed by atoms with Gasteiger partial charge in [0.1, 0.15) is 0 Å². The van der Waals surface area contributed by atoms with E-state index in [0.717, 1.165) is 5.92 Å². The number of thiophene rings is 1. The lowest BCUT2D eigenvalue weighted by atomic mass is 10.0. The largest absolute Gasteiger partial charge is 0.148 e. The third kappa shape index (κ3) is 2.65. The van der Waals surface area contributed by atoms with Crippen molar-refractivity contribution in [3.05, 3.63) is 34.5 Å². The Balaban J connectivity index is 1.99. The molecule has 1 atom stereocenters. The average molecular weight is 232 g/mol. The van der Waals surface area contributed by atoms with Gasteiger partial charge in [0.25, 0.3) is 0 Å². The van der Waals surface area contributed by atoms with Crippen LogP contribution in [0.3, 0.4) is 0 Å². The standard InChI is InChI=1S/C15H20S/c1-3-12(2)7-6-10-15-14-9-5-4-8-13(14)11-16-15/h4-5,8-9,11-12H,3,6-7,10H2,1-2H3. The molecule has 0 saturated heterocycles. The summed E-state index contributed by atoms with van der Waals surface area (Å²) >= 11 is 1.92. The van der Waals surface area contributed by atoms with E-state index < -0.39 is 0 Å². The minimum atomic E-state index is 0.881. The zero-order valence-corrected chi connectivity index (χ0v) is 11.0. The Morgan fingerprint density at radius 2 is 2.06 bits per heavy atom. The molecular weight excluding hydrogens is 212 g/mol. The molecule has 1 aromatic heterocycles. The predicted octanol–water partition coefficient (Wildman–Crippen LogP) is 5.27. The minimum absolute atomic E-state index is 0.881. The van der Waals surface area contributed by atoms with Crippen molar-refractivity contribution in [1.29, 1.82) is 0 Å². The molecular formula is C15H20S. The third-order valence-corrected chi connectivity index (χ3v) is 4.47. The van der Waals surface area contributed by atoms with Crippen molar-refractivity contribution in [1.82, 2.24) is 0 Å². The first-order chi connectivity index (χ1) is 7.81. The Labute approximate surface area is 102 Å². The van der Waals surface area contributed by atoms with Crippen LogP contribution < -0.4 is 0 Å². The number of aryl methyl sites for hydroxylation is 1. The lowest BCUT2D eigenvalue weighted by Gasteiger charge is -2.06. The maximum absolute atomic E-state index is 2.35. The van der Waals surface area contributed by atoms with Crippen LogP contribution >= 0.6 is 11.3 Å². The van der Waals surface area contributed by atoms with Gasteiger partial charge in [0.05, 0.1) is 0 Å². The van der Waals surface area contributed by atoms with Crippen molar-refractivity contribution in [3.63, 3.8) is 0 Å². The van der Waals surface area contributed by atoms with Gasteiger partial charge in [0.2, 0.25) is 0 Å². The van der Waals surface area contributed by atoms with Gasteiger partial charge in [0, 0.05) is 4.88 Å². The van der Waals surface area contributed by atoms with Crippen LogP contribution in [0.25, 0.3) is 10.8 Å². The maximum atomic E-state index is 2.35. The zero-order chi connectivity index (χ0) is 11.4. The molecule has 0 bridgehead atoms. The molecule has 0 aliphatic rings. The molecule has 0 spiro atoms. The lowest BCUT2D eigenvalue weighted by molar-refractivity contribution is 0.497. The molecule has 0 nitrogen and oxygen atoms in total. The highest BCUT2D eigenvalue weighted by Gasteiger charge is 2.04. The first kappa shape index (κ1) is 11.7. The van der Waals surface area contributed by atoms with Crippen molar-refractivity contribution in [2.45, 2.75) is 39.5 Å². The molecule has 1 unspecified atom stereocenters. The van der Waals surface area contributed by atoms with E-state index in [2.05, 4.69) is 43.5 Å². The molecule has 1 heterocycles. The fourth-order valence-corrected chi connectivity index (χ4v) is 3.11. The van der Waals surface area contributed by atoms with Crippen LogP contribution in [0.5, 0.6) is 0 Å². The van der Waals surface area contributed by atoms with Crippen LogP contribution in [0, 0.1) is 5.92 Å². The number of rotatable bonds is 5. The molecule has 2 rings (SSSR count). The highest BCUT2D eigenvalue weighted by atomic mass is 32.1. The number of fused-ring (bicyclic) bond motifs is 1. The smallest absolute Gasteiger partial charge is 0.0124 e. The second kappa shape index (κ2) is 5.49. The number of hydrogen-bond donors (Lipinski definition) is 0. The molecule has 0 saturated carbocycles. The Kier molecular flexibility index (Phi) is 4.00. The number of hydrogen-bond acceptors (Lipinski definition) is 1. The molecule has 0 aliphatic heterocycles. The Hall–Kier alpha value is -0.820. The molecule has 1 heteroatoms. The SMILES string of the molecule is CCC(C)CCCc1scc2ccccc12. The number of benzene rings is 1. The summed E-state index contributed by atoms with van der Waals surface area (Å²) in [6.45, 7) is 4.64. The van der Waals surface area contributed by atoms with Gasteiger partial charge in [-0.2, -0.15) is 0 Å². The summed E-state index contributed by atoms with van der Waals surface area (Å²) in [4.78, 5) is 1.57. The lowest BCUT2D eigenvalue weighted by Crippen LogP contribution is -1.93. The van der Waals surface area contributed by atoms with Gasteiger partial charge in [-0.05, 0) is 34.9 Å². The topological polar surface area (TPSA) is 0 Å². The van der Waals surface area contributed by atoms with E-state index in [1.165, 1.54) is 36.5 Å². The molecule has 0 radical (unpaired) electrons. The van der Waals surface area contributed by atoms with Gasteiger partial charge in [-0.1, -0.05) is 51.0 Å². The summed E-state index contributed by atoms with van der Waals surface area (Å²) in [6, 6.07) is 8.74. The van der Waals surface area contributed by atoms with Crippen LogP contribution in [0.15, 0.2) is 29.6 Å². The van der Waals surface area contributed by atoms with E-state index in [9.17, 15) is 0 Å². The second-order valence-corrected chi connectivity index (χ2v) is 5.62. The van der Waals surface area contributed by atoms with Crippen LogP contribution in [0.4, 0.5) is 0 Å². The van der Waals surface area contributed by atoms with E-state index in [1.807, 2.05) is 11.3 Å². The minimum Gasteiger partial charge on any atom is -0.148 e. The Morgan fingerprint density at radius 3 is 2.88 bits per heavy atom. The van der Waals surface area contributed by atoms with Crippen molar-refractivity contribution in [2.75, 3.05) is 0 Å². The Morgan fingerprint density at radius 1 is 1.25 bits per heavy atom. The Bertz CT molecular complexity index is 441. The molecule has 0 aliphatic carbocycles. The quantitative estimate of drug-likeness (QED) is 0.658. The molecule has 1 aromatic carbocycles. The van der Waals surface area contributed by atoms with Gasteiger partial charge < -0.3 is 0 Å². The maximum Gasteiger partial charge on any atom is 0.0124 e. The summed E-state index contributed by atoms with van der Waals surface area (Å²) in [6.07, 6.45) is 5.26. The monoisotopic (exact) mass is 232 g/mol. The van der Waals surface area contributed by atoms with Crippen LogP contribution in [0.1, 0.15) is 38.0 Å². The third-order valence-electron chi connectivity index (χ3n) is 3.39. The van der Waals surface area contributed by atoms with E-state index in [1.54, 1.807) is 4.88 Å². The van der Waals surface area contributed by atoms with Gasteiger partial charge in [-0.25, -0.2) is 0 Å². The first-order valence-corrected chi connectivity index (χ1v) is 7.14. The van der Waals surface area contributed by atoms with Gasteiger partial charge in [-0.15, -0.1) is 11.3 Å². The second-order valence-electron chi connectivity index (χ2n) is 4.65. The van der Waals surface area contributed by atoms with E-state index in [-0.39, 0.29) is 0 Å². The predicted molar refractivity (Wildman–Crippen MR) is 74.2 cm³/mol. The summed E-state index contributed by atoms with van der Waals surface area (Å²) in [5.41, 5.74) is 0. The molecule has 86 valence electrons. The summed E-state index contributed by atoms with van der Waals surface area (Å²) in [7, 11) is 0. The van der Waals surface area contributed by atoms with E-state index >= 15 is 0 Å². The average Bonchev–Trinajstić information content (AvgIpc) is 2.73. The van der Waals surface area contributed by atoms with Gasteiger partial charge in [-0.3, -0.25) is 0 Å². The van der Waals surface area contributed by atoms with Crippen LogP contribution in [-0.4, -0.2) is 0 Å². The zero-order valence-electron chi connectivity index (χ0n) is 10.2. The van der Waals surface area contributed by atoms with Crippen molar-refractivity contribution >= 4 is 22.1 Å². The van der Waals surface area contributed by atoms with E-state index in [0.29, 0.717) is 0 Å². The van der Waals surface area contributed by atoms with Crippen molar-refractivity contribution in [2.24, 2.45) is 5.92 Å². The van der Waals surface area contributed by atoms with Crippen molar-refractivity contribution in [3.8, 4) is 0 Å². The van der Waals surface area contributed by atoms with Gasteiger partial charge in [0.15, 0.2) is 0 Å². The highest BCUT2D eigenvalue weighted by Crippen LogP contribution is 2.27. The summed E-state index contributed by atoms with van der Waals surface area (Å²) in [5.74, 6) is 0.881. The fourth-order valence-electron chi connectivity index (χ4n) is 2.06. The fraction of sp³-hybridized carbons (Fsp3) is 0.467. The van der Waals surface area contributed by atoms with Crippen LogP contribution in [-0.2, 0) is 6.42 Å². The summed E-state index contributed by atoms with van der Waals surface area (Å²) in [5, 5.41) is 5.16. The molecule has 0 amide bonds. The van der Waals surface area contributed by atoms with E-state index in [4.69, 9.17) is 0 Å². The highest BCUT2D eigenvalue weighted by molar-refractivity contribution is 7.11. The molecule has 0 fully saturated rings. The molecule has 2 aromatic rings. The molecule has 0 N–H and O–H groups in total. The van der Waals surface area contributed by atoms with Gasteiger partial charge >= 0.3 is 0 Å². The summed E-state index contributed by atoms with van der Waals surface area (Å²) < 4.78 is 0. The van der Waals surface area contributed by atoms with Crippen molar-refractivity contribution < 1.29 is 0 Å². The molecule has 16 heavy (non-hydrogen) atoms. The normalized spacial score (nSPS) is 13.1. The van der Waals surface area contributed by atoms with Crippen LogP contribution in [0.2, 0.25) is 0 Å². The first-order valence-electron chi connectivity index (χ1n) is 6.26.